The Bertz CT molecular complexity index is 206. The standard InChI is InChI=1S/C9H16O4/c1-6(2)7(10)13-9(3,4)8(11)12-5/h6H,1-5H3. The maximum atomic E-state index is 11.1. The van der Waals surface area contributed by atoms with Gasteiger partial charge >= 0.3 is 11.9 Å². The molecule has 0 saturated heterocycles. The first kappa shape index (κ1) is 11.9. The molecule has 0 amide bonds. The van der Waals surface area contributed by atoms with Crippen LogP contribution in [-0.2, 0) is 19.1 Å². The van der Waals surface area contributed by atoms with Gasteiger partial charge in [-0.15, -0.1) is 0 Å². The Balaban J connectivity index is 4.33. The van der Waals surface area contributed by atoms with E-state index in [0.29, 0.717) is 0 Å². The topological polar surface area (TPSA) is 52.6 Å². The fourth-order valence-corrected chi connectivity index (χ4v) is 0.657. The molecule has 0 aromatic heterocycles. The molecule has 0 rings (SSSR count). The van der Waals surface area contributed by atoms with E-state index < -0.39 is 17.5 Å². The molecule has 13 heavy (non-hydrogen) atoms. The Kier molecular flexibility index (Phi) is 3.91. The number of methoxy groups -OCH3 is 1. The number of rotatable bonds is 3. The van der Waals surface area contributed by atoms with Gasteiger partial charge in [0.2, 0.25) is 5.60 Å². The number of esters is 2. The highest BCUT2D eigenvalue weighted by Gasteiger charge is 2.33. The second-order valence-electron chi connectivity index (χ2n) is 3.58. The highest BCUT2D eigenvalue weighted by Crippen LogP contribution is 2.13. The first-order valence-corrected chi connectivity index (χ1v) is 4.12. The predicted octanol–water partition coefficient (Wildman–Crippen LogP) is 1.14. The van der Waals surface area contributed by atoms with Crippen molar-refractivity contribution in [3.63, 3.8) is 0 Å². The Morgan fingerprint density at radius 1 is 1.23 bits per heavy atom. The zero-order chi connectivity index (χ0) is 10.6. The van der Waals surface area contributed by atoms with Crippen molar-refractivity contribution in [2.24, 2.45) is 5.92 Å². The molecule has 0 bridgehead atoms. The quantitative estimate of drug-likeness (QED) is 0.623. The van der Waals surface area contributed by atoms with E-state index in [9.17, 15) is 9.59 Å². The summed E-state index contributed by atoms with van der Waals surface area (Å²) >= 11 is 0. The number of hydrogen-bond donors (Lipinski definition) is 0. The predicted molar refractivity (Wildman–Crippen MR) is 47.0 cm³/mol. The average Bonchev–Trinajstić information content (AvgIpc) is 2.01. The zero-order valence-corrected chi connectivity index (χ0v) is 8.71. The molecule has 0 radical (unpaired) electrons. The third-order valence-electron chi connectivity index (χ3n) is 1.50. The molecule has 0 aliphatic rings. The van der Waals surface area contributed by atoms with Gasteiger partial charge in [0.1, 0.15) is 0 Å². The molecule has 0 aliphatic heterocycles. The van der Waals surface area contributed by atoms with Crippen LogP contribution in [0.25, 0.3) is 0 Å². The molecule has 0 N–H and O–H groups in total. The second kappa shape index (κ2) is 4.25. The van der Waals surface area contributed by atoms with Gasteiger partial charge in [-0.25, -0.2) is 4.79 Å². The lowest BCUT2D eigenvalue weighted by Gasteiger charge is -2.22. The summed E-state index contributed by atoms with van der Waals surface area (Å²) in [5.41, 5.74) is -1.20. The minimum Gasteiger partial charge on any atom is -0.466 e. The van der Waals surface area contributed by atoms with Crippen molar-refractivity contribution in [1.82, 2.24) is 0 Å². The second-order valence-corrected chi connectivity index (χ2v) is 3.58. The molecule has 0 aromatic rings. The van der Waals surface area contributed by atoms with Gasteiger partial charge in [-0.1, -0.05) is 13.8 Å². The van der Waals surface area contributed by atoms with Crippen LogP contribution in [0.5, 0.6) is 0 Å². The van der Waals surface area contributed by atoms with Crippen molar-refractivity contribution >= 4 is 11.9 Å². The first-order valence-electron chi connectivity index (χ1n) is 4.12. The summed E-state index contributed by atoms with van der Waals surface area (Å²) < 4.78 is 9.42. The molecule has 0 heterocycles. The summed E-state index contributed by atoms with van der Waals surface area (Å²) in [6, 6.07) is 0. The van der Waals surface area contributed by atoms with Gasteiger partial charge < -0.3 is 9.47 Å². The van der Waals surface area contributed by atoms with E-state index in [1.54, 1.807) is 13.8 Å². The van der Waals surface area contributed by atoms with Crippen LogP contribution in [0.4, 0.5) is 0 Å². The first-order chi connectivity index (χ1) is 5.81. The van der Waals surface area contributed by atoms with Crippen molar-refractivity contribution < 1.29 is 19.1 Å². The van der Waals surface area contributed by atoms with Gasteiger partial charge in [0, 0.05) is 0 Å². The van der Waals surface area contributed by atoms with Gasteiger partial charge in [0.15, 0.2) is 0 Å². The molecule has 0 aliphatic carbocycles. The summed E-state index contributed by atoms with van der Waals surface area (Å²) in [5, 5.41) is 0. The van der Waals surface area contributed by atoms with Crippen LogP contribution in [0.3, 0.4) is 0 Å². The highest BCUT2D eigenvalue weighted by atomic mass is 16.6. The Hall–Kier alpha value is -1.06. The summed E-state index contributed by atoms with van der Waals surface area (Å²) in [5.74, 6) is -1.21. The molecular weight excluding hydrogens is 172 g/mol. The molecular formula is C9H16O4. The third-order valence-corrected chi connectivity index (χ3v) is 1.50. The van der Waals surface area contributed by atoms with Crippen LogP contribution in [0.1, 0.15) is 27.7 Å². The van der Waals surface area contributed by atoms with Crippen molar-refractivity contribution in [1.29, 1.82) is 0 Å². The molecule has 0 spiro atoms. The van der Waals surface area contributed by atoms with E-state index in [2.05, 4.69) is 4.74 Å². The molecule has 0 atom stereocenters. The lowest BCUT2D eigenvalue weighted by atomic mass is 10.1. The maximum absolute atomic E-state index is 11.1. The highest BCUT2D eigenvalue weighted by molar-refractivity contribution is 5.83. The number of carbonyl (C=O) groups is 2. The van der Waals surface area contributed by atoms with E-state index in [1.807, 2.05) is 0 Å². The fraction of sp³-hybridized carbons (Fsp3) is 0.778. The van der Waals surface area contributed by atoms with Gasteiger partial charge in [-0.2, -0.15) is 0 Å². The van der Waals surface area contributed by atoms with Gasteiger partial charge in [0.25, 0.3) is 0 Å². The van der Waals surface area contributed by atoms with Crippen molar-refractivity contribution in [2.45, 2.75) is 33.3 Å². The number of hydrogen-bond acceptors (Lipinski definition) is 4. The van der Waals surface area contributed by atoms with Crippen LogP contribution < -0.4 is 0 Å². The minimum absolute atomic E-state index is 0.246. The minimum atomic E-state index is -1.20. The van der Waals surface area contributed by atoms with Crippen LogP contribution in [0, 0.1) is 5.92 Å². The fourth-order valence-electron chi connectivity index (χ4n) is 0.657. The molecule has 76 valence electrons. The van der Waals surface area contributed by atoms with Gasteiger partial charge in [0.05, 0.1) is 13.0 Å². The van der Waals surface area contributed by atoms with E-state index in [4.69, 9.17) is 4.74 Å². The summed E-state index contributed by atoms with van der Waals surface area (Å²) in [4.78, 5) is 22.2. The lowest BCUT2D eigenvalue weighted by molar-refractivity contribution is -0.178. The molecule has 0 fully saturated rings. The van der Waals surface area contributed by atoms with E-state index in [0.717, 1.165) is 0 Å². The zero-order valence-electron chi connectivity index (χ0n) is 8.71. The van der Waals surface area contributed by atoms with E-state index in [1.165, 1.54) is 21.0 Å². The smallest absolute Gasteiger partial charge is 0.349 e. The Morgan fingerprint density at radius 3 is 2.00 bits per heavy atom. The van der Waals surface area contributed by atoms with Crippen molar-refractivity contribution in [2.75, 3.05) is 7.11 Å². The van der Waals surface area contributed by atoms with Crippen LogP contribution in [-0.4, -0.2) is 24.6 Å². The van der Waals surface area contributed by atoms with E-state index in [-0.39, 0.29) is 5.92 Å². The van der Waals surface area contributed by atoms with Crippen molar-refractivity contribution in [3.8, 4) is 0 Å². The molecule has 0 unspecified atom stereocenters. The van der Waals surface area contributed by atoms with Crippen LogP contribution in [0.15, 0.2) is 0 Å². The molecule has 0 saturated carbocycles. The van der Waals surface area contributed by atoms with Crippen LogP contribution in [0.2, 0.25) is 0 Å². The SMILES string of the molecule is COC(=O)C(C)(C)OC(=O)C(C)C. The largest absolute Gasteiger partial charge is 0.466 e. The Labute approximate surface area is 78.2 Å². The normalized spacial score (nSPS) is 11.2. The lowest BCUT2D eigenvalue weighted by Crippen LogP contribution is -2.39. The number of ether oxygens (including phenoxy) is 2. The maximum Gasteiger partial charge on any atom is 0.349 e. The monoisotopic (exact) mass is 188 g/mol. The van der Waals surface area contributed by atoms with Crippen LogP contribution >= 0.6 is 0 Å². The summed E-state index contributed by atoms with van der Waals surface area (Å²) in [6.45, 7) is 6.41. The third kappa shape index (κ3) is 3.44. The van der Waals surface area contributed by atoms with Gasteiger partial charge in [-0.3, -0.25) is 4.79 Å². The molecule has 4 nitrogen and oxygen atoms in total. The average molecular weight is 188 g/mol. The van der Waals surface area contributed by atoms with E-state index >= 15 is 0 Å². The summed E-state index contributed by atoms with van der Waals surface area (Å²) in [6.07, 6.45) is 0. The Morgan fingerprint density at radius 2 is 1.69 bits per heavy atom. The number of carbonyl (C=O) groups excluding carboxylic acids is 2. The van der Waals surface area contributed by atoms with Gasteiger partial charge in [-0.05, 0) is 13.8 Å². The van der Waals surface area contributed by atoms with Crippen molar-refractivity contribution in [3.05, 3.63) is 0 Å². The molecule has 4 heteroatoms. The molecule has 0 aromatic carbocycles. The summed E-state index contributed by atoms with van der Waals surface area (Å²) in [7, 11) is 1.26.